The maximum atomic E-state index is 12.7. The third kappa shape index (κ3) is 4.88. The number of amides is 1. The molecule has 1 amide bonds. The standard InChI is InChI=1S/C17H27N3O4S.ClH/c1-4-9-17(2,18)16(21)19-10-12-20(13-11-19)25(22,23)15-7-5-14(24-3)6-8-15;/h5-8H,4,9-13,18H2,1-3H3;1H. The number of halogens is 1. The van der Waals surface area contributed by atoms with Gasteiger partial charge in [0.05, 0.1) is 17.5 Å². The summed E-state index contributed by atoms with van der Waals surface area (Å²) in [6.07, 6.45) is 1.43. The zero-order valence-corrected chi connectivity index (χ0v) is 17.1. The Morgan fingerprint density at radius 2 is 1.73 bits per heavy atom. The van der Waals surface area contributed by atoms with Gasteiger partial charge in [0, 0.05) is 26.2 Å². The van der Waals surface area contributed by atoms with Gasteiger partial charge < -0.3 is 15.4 Å². The van der Waals surface area contributed by atoms with Gasteiger partial charge in [0.1, 0.15) is 5.75 Å². The second kappa shape index (κ2) is 9.03. The van der Waals surface area contributed by atoms with Crippen LogP contribution in [0.2, 0.25) is 0 Å². The van der Waals surface area contributed by atoms with Crippen LogP contribution in [-0.4, -0.2) is 62.4 Å². The van der Waals surface area contributed by atoms with Crippen LogP contribution >= 0.6 is 12.4 Å². The summed E-state index contributed by atoms with van der Waals surface area (Å²) in [5.74, 6) is 0.489. The molecule has 9 heteroatoms. The van der Waals surface area contributed by atoms with E-state index in [-0.39, 0.29) is 36.3 Å². The minimum Gasteiger partial charge on any atom is -0.497 e. The van der Waals surface area contributed by atoms with Gasteiger partial charge in [0.15, 0.2) is 0 Å². The molecule has 0 spiro atoms. The number of ether oxygens (including phenoxy) is 1. The smallest absolute Gasteiger partial charge is 0.243 e. The summed E-state index contributed by atoms with van der Waals surface area (Å²) in [5, 5.41) is 0. The van der Waals surface area contributed by atoms with Crippen LogP contribution in [0.3, 0.4) is 0 Å². The van der Waals surface area contributed by atoms with Crippen LogP contribution in [0.25, 0.3) is 0 Å². The van der Waals surface area contributed by atoms with Gasteiger partial charge in [-0.2, -0.15) is 4.31 Å². The predicted octanol–water partition coefficient (Wildman–Crippen LogP) is 1.47. The van der Waals surface area contributed by atoms with Crippen LogP contribution in [-0.2, 0) is 14.8 Å². The normalized spacial score (nSPS) is 17.9. The first-order valence-electron chi connectivity index (χ1n) is 8.45. The van der Waals surface area contributed by atoms with E-state index in [0.29, 0.717) is 25.3 Å². The van der Waals surface area contributed by atoms with Crippen molar-refractivity contribution in [3.05, 3.63) is 24.3 Å². The molecule has 0 radical (unpaired) electrons. The van der Waals surface area contributed by atoms with Gasteiger partial charge in [-0.05, 0) is 37.6 Å². The number of piperazine rings is 1. The van der Waals surface area contributed by atoms with Crippen LogP contribution < -0.4 is 10.5 Å². The van der Waals surface area contributed by atoms with E-state index in [1.165, 1.54) is 23.5 Å². The molecular weight excluding hydrogens is 378 g/mol. The summed E-state index contributed by atoms with van der Waals surface area (Å²) in [5.41, 5.74) is 5.21. The fourth-order valence-electron chi connectivity index (χ4n) is 3.02. The number of hydrogen-bond donors (Lipinski definition) is 1. The number of benzene rings is 1. The molecule has 1 fully saturated rings. The quantitative estimate of drug-likeness (QED) is 0.773. The van der Waals surface area contributed by atoms with Crippen LogP contribution in [0.1, 0.15) is 26.7 Å². The topological polar surface area (TPSA) is 92.9 Å². The number of rotatable bonds is 6. The predicted molar refractivity (Wildman–Crippen MR) is 103 cm³/mol. The molecule has 1 aliphatic heterocycles. The zero-order valence-electron chi connectivity index (χ0n) is 15.5. The number of nitrogens with zero attached hydrogens (tertiary/aromatic N) is 2. The number of carbonyl (C=O) groups is 1. The molecule has 0 saturated carbocycles. The minimum absolute atomic E-state index is 0. The lowest BCUT2D eigenvalue weighted by molar-refractivity contribution is -0.137. The Balaban J connectivity index is 0.00000338. The number of nitrogens with two attached hydrogens (primary N) is 1. The van der Waals surface area contributed by atoms with E-state index < -0.39 is 15.6 Å². The maximum Gasteiger partial charge on any atom is 0.243 e. The second-order valence-electron chi connectivity index (χ2n) is 6.54. The van der Waals surface area contributed by atoms with Crippen molar-refractivity contribution in [1.82, 2.24) is 9.21 Å². The summed E-state index contributed by atoms with van der Waals surface area (Å²) in [6, 6.07) is 6.31. The largest absolute Gasteiger partial charge is 0.497 e. The van der Waals surface area contributed by atoms with Crippen LogP contribution in [0, 0.1) is 0 Å². The van der Waals surface area contributed by atoms with E-state index in [0.717, 1.165) is 6.42 Å². The van der Waals surface area contributed by atoms with Gasteiger partial charge in [-0.3, -0.25) is 4.79 Å². The van der Waals surface area contributed by atoms with Gasteiger partial charge in [-0.1, -0.05) is 13.3 Å². The molecule has 148 valence electrons. The molecule has 1 aliphatic rings. The van der Waals surface area contributed by atoms with Crippen molar-refractivity contribution in [3.63, 3.8) is 0 Å². The van der Waals surface area contributed by atoms with Crippen molar-refractivity contribution < 1.29 is 17.9 Å². The maximum absolute atomic E-state index is 12.7. The third-order valence-electron chi connectivity index (χ3n) is 4.48. The van der Waals surface area contributed by atoms with E-state index in [1.807, 2.05) is 6.92 Å². The molecule has 1 heterocycles. The molecule has 26 heavy (non-hydrogen) atoms. The molecule has 7 nitrogen and oxygen atoms in total. The number of hydrogen-bond acceptors (Lipinski definition) is 5. The minimum atomic E-state index is -3.57. The number of sulfonamides is 1. The fourth-order valence-corrected chi connectivity index (χ4v) is 4.44. The van der Waals surface area contributed by atoms with Crippen molar-refractivity contribution in [1.29, 1.82) is 0 Å². The number of carbonyl (C=O) groups excluding carboxylic acids is 1. The molecular formula is C17H28ClN3O4S. The first-order valence-corrected chi connectivity index (χ1v) is 9.89. The van der Waals surface area contributed by atoms with Crippen molar-refractivity contribution in [2.75, 3.05) is 33.3 Å². The van der Waals surface area contributed by atoms with Crippen molar-refractivity contribution in [2.24, 2.45) is 5.73 Å². The highest BCUT2D eigenvalue weighted by atomic mass is 35.5. The Bertz CT molecular complexity index is 699. The first kappa shape index (κ1) is 22.7. The van der Waals surface area contributed by atoms with Crippen molar-refractivity contribution in [3.8, 4) is 5.75 Å². The lowest BCUT2D eigenvalue weighted by Gasteiger charge is -2.37. The van der Waals surface area contributed by atoms with Crippen LogP contribution in [0.5, 0.6) is 5.75 Å². The van der Waals surface area contributed by atoms with Crippen LogP contribution in [0.15, 0.2) is 29.2 Å². The monoisotopic (exact) mass is 405 g/mol. The third-order valence-corrected chi connectivity index (χ3v) is 6.39. The van der Waals surface area contributed by atoms with E-state index >= 15 is 0 Å². The Labute approximate surface area is 161 Å². The molecule has 2 rings (SSSR count). The summed E-state index contributed by atoms with van der Waals surface area (Å²) in [7, 11) is -2.04. The lowest BCUT2D eigenvalue weighted by atomic mass is 9.95. The van der Waals surface area contributed by atoms with Gasteiger partial charge >= 0.3 is 0 Å². The average molecular weight is 406 g/mol. The van der Waals surface area contributed by atoms with Crippen molar-refractivity contribution >= 4 is 28.3 Å². The van der Waals surface area contributed by atoms with Gasteiger partial charge in [-0.15, -0.1) is 12.4 Å². The average Bonchev–Trinajstić information content (AvgIpc) is 2.61. The van der Waals surface area contributed by atoms with Crippen molar-refractivity contribution in [2.45, 2.75) is 37.1 Å². The molecule has 0 aromatic heterocycles. The molecule has 0 aliphatic carbocycles. The second-order valence-corrected chi connectivity index (χ2v) is 8.48. The molecule has 0 bridgehead atoms. The summed E-state index contributed by atoms with van der Waals surface area (Å²) in [4.78, 5) is 14.4. The van der Waals surface area contributed by atoms with E-state index in [4.69, 9.17) is 10.5 Å². The molecule has 1 unspecified atom stereocenters. The Kier molecular flexibility index (Phi) is 7.88. The highest BCUT2D eigenvalue weighted by molar-refractivity contribution is 7.89. The summed E-state index contributed by atoms with van der Waals surface area (Å²) in [6.45, 7) is 4.96. The SMILES string of the molecule is CCCC(C)(N)C(=O)N1CCN(S(=O)(=O)c2ccc(OC)cc2)CC1.Cl. The number of methoxy groups -OCH3 is 1. The highest BCUT2D eigenvalue weighted by Gasteiger charge is 2.36. The van der Waals surface area contributed by atoms with Gasteiger partial charge in [-0.25, -0.2) is 8.42 Å². The molecule has 1 saturated heterocycles. The molecule has 2 N–H and O–H groups in total. The van der Waals surface area contributed by atoms with E-state index in [2.05, 4.69) is 0 Å². The van der Waals surface area contributed by atoms with E-state index in [9.17, 15) is 13.2 Å². The first-order chi connectivity index (χ1) is 11.7. The van der Waals surface area contributed by atoms with Gasteiger partial charge in [0.2, 0.25) is 15.9 Å². The zero-order chi connectivity index (χ0) is 18.7. The van der Waals surface area contributed by atoms with Crippen LogP contribution in [0.4, 0.5) is 0 Å². The summed E-state index contributed by atoms with van der Waals surface area (Å²) < 4.78 is 31.9. The Hall–Kier alpha value is -1.35. The highest BCUT2D eigenvalue weighted by Crippen LogP contribution is 2.22. The lowest BCUT2D eigenvalue weighted by Crippen LogP contribution is -2.58. The fraction of sp³-hybridized carbons (Fsp3) is 0.588. The van der Waals surface area contributed by atoms with E-state index in [1.54, 1.807) is 24.0 Å². The Morgan fingerprint density at radius 1 is 1.19 bits per heavy atom. The van der Waals surface area contributed by atoms with Gasteiger partial charge in [0.25, 0.3) is 0 Å². The molecule has 1 atom stereocenters. The molecule has 1 aromatic rings. The molecule has 1 aromatic carbocycles. The summed E-state index contributed by atoms with van der Waals surface area (Å²) >= 11 is 0. The Morgan fingerprint density at radius 3 is 2.19 bits per heavy atom.